The molecule has 39 heavy (non-hydrogen) atoms. The number of carbonyl (C=O) groups excluding carboxylic acids is 2. The van der Waals surface area contributed by atoms with Gasteiger partial charge in [-0.1, -0.05) is 48.9 Å². The van der Waals surface area contributed by atoms with E-state index in [1.54, 1.807) is 26.8 Å². The van der Waals surface area contributed by atoms with Gasteiger partial charge >= 0.3 is 18.3 Å². The molecule has 0 bridgehead atoms. The van der Waals surface area contributed by atoms with Crippen LogP contribution in [0.3, 0.4) is 0 Å². The quantitative estimate of drug-likeness (QED) is 0.252. The van der Waals surface area contributed by atoms with Gasteiger partial charge in [0.15, 0.2) is 0 Å². The van der Waals surface area contributed by atoms with Crippen LogP contribution < -0.4 is 5.32 Å². The Morgan fingerprint density at radius 3 is 1.97 bits per heavy atom. The number of alkyl halides is 6. The van der Waals surface area contributed by atoms with E-state index in [0.717, 1.165) is 45.0 Å². The van der Waals surface area contributed by atoms with Gasteiger partial charge in [-0.05, 0) is 69.9 Å². The van der Waals surface area contributed by atoms with Gasteiger partial charge in [0.25, 0.3) is 0 Å². The van der Waals surface area contributed by atoms with Crippen molar-refractivity contribution in [2.45, 2.75) is 83.7 Å². The maximum atomic E-state index is 13.7. The van der Waals surface area contributed by atoms with Gasteiger partial charge in [0.2, 0.25) is 5.91 Å². The van der Waals surface area contributed by atoms with Crippen LogP contribution in [-0.2, 0) is 26.2 Å². The van der Waals surface area contributed by atoms with Crippen molar-refractivity contribution in [1.82, 2.24) is 0 Å². The van der Waals surface area contributed by atoms with Crippen LogP contribution in [0.1, 0.15) is 70.6 Å². The molecule has 4 nitrogen and oxygen atoms in total. The molecule has 2 aromatic rings. The van der Waals surface area contributed by atoms with E-state index in [1.165, 1.54) is 12.1 Å². The Morgan fingerprint density at radius 2 is 1.49 bits per heavy atom. The van der Waals surface area contributed by atoms with Crippen molar-refractivity contribution in [1.29, 1.82) is 0 Å². The molecule has 0 fully saturated rings. The largest absolute Gasteiger partial charge is 0.460 e. The molecule has 2 atom stereocenters. The van der Waals surface area contributed by atoms with Crippen molar-refractivity contribution in [3.63, 3.8) is 0 Å². The van der Waals surface area contributed by atoms with Crippen molar-refractivity contribution in [3.05, 3.63) is 64.2 Å². The zero-order chi connectivity index (χ0) is 30.0. The molecule has 0 heterocycles. The van der Waals surface area contributed by atoms with Crippen LogP contribution in [-0.4, -0.2) is 29.8 Å². The molecule has 1 amide bonds. The van der Waals surface area contributed by atoms with E-state index in [4.69, 9.17) is 16.3 Å². The van der Waals surface area contributed by atoms with Crippen molar-refractivity contribution >= 4 is 29.2 Å². The molecule has 0 spiro atoms. The van der Waals surface area contributed by atoms with Crippen molar-refractivity contribution < 1.29 is 40.7 Å². The van der Waals surface area contributed by atoms with Crippen LogP contribution in [0.5, 0.6) is 0 Å². The summed E-state index contributed by atoms with van der Waals surface area (Å²) in [5.41, 5.74) is -2.54. The average Bonchev–Trinajstić information content (AvgIpc) is 2.77. The second-order valence-corrected chi connectivity index (χ2v) is 11.3. The Kier molecular flexibility index (Phi) is 9.80. The van der Waals surface area contributed by atoms with Crippen LogP contribution >= 0.6 is 11.6 Å². The fraction of sp³-hybridized carbons (Fsp3) is 0.500. The minimum atomic E-state index is -4.77. The number of carbonyl (C=O) groups is 2. The lowest BCUT2D eigenvalue weighted by Gasteiger charge is -2.29. The second kappa shape index (κ2) is 11.8. The number of aryl methyl sites for hydroxylation is 1. The molecule has 0 radical (unpaired) electrons. The van der Waals surface area contributed by atoms with Gasteiger partial charge in [-0.3, -0.25) is 9.59 Å². The molecule has 0 saturated carbocycles. The minimum absolute atomic E-state index is 0.0284. The Balaban J connectivity index is 2.34. The summed E-state index contributed by atoms with van der Waals surface area (Å²) in [6.07, 6.45) is -9.10. The first-order chi connectivity index (χ1) is 17.6. The third-order valence-electron chi connectivity index (χ3n) is 6.33. The fourth-order valence-corrected chi connectivity index (χ4v) is 3.96. The van der Waals surface area contributed by atoms with E-state index in [-0.39, 0.29) is 34.7 Å². The number of rotatable bonds is 8. The van der Waals surface area contributed by atoms with Crippen LogP contribution in [0.2, 0.25) is 5.02 Å². The Bertz CT molecular complexity index is 1170. The van der Waals surface area contributed by atoms with E-state index < -0.39 is 47.1 Å². The third kappa shape index (κ3) is 8.62. The highest BCUT2D eigenvalue weighted by Gasteiger charge is 2.49. The number of amides is 1. The van der Waals surface area contributed by atoms with Crippen LogP contribution in [0.4, 0.5) is 32.0 Å². The van der Waals surface area contributed by atoms with E-state index in [2.05, 4.69) is 5.32 Å². The van der Waals surface area contributed by atoms with Crippen LogP contribution in [0.15, 0.2) is 42.5 Å². The minimum Gasteiger partial charge on any atom is -0.460 e. The lowest BCUT2D eigenvalue weighted by molar-refractivity contribution is -0.180. The van der Waals surface area contributed by atoms with Crippen molar-refractivity contribution in [2.75, 3.05) is 5.32 Å². The average molecular weight is 580 g/mol. The number of halogens is 7. The zero-order valence-corrected chi connectivity index (χ0v) is 23.2. The van der Waals surface area contributed by atoms with Gasteiger partial charge in [0, 0.05) is 6.42 Å². The summed E-state index contributed by atoms with van der Waals surface area (Å²) in [7, 11) is 0. The molecule has 0 aliphatic rings. The number of benzene rings is 2. The van der Waals surface area contributed by atoms with Gasteiger partial charge in [-0.2, -0.15) is 26.3 Å². The number of anilines is 1. The van der Waals surface area contributed by atoms with Gasteiger partial charge in [-0.25, -0.2) is 0 Å². The molecule has 0 aliphatic carbocycles. The van der Waals surface area contributed by atoms with Crippen molar-refractivity contribution in [2.24, 2.45) is 5.92 Å². The van der Waals surface area contributed by atoms with E-state index >= 15 is 0 Å². The normalized spacial score (nSPS) is 14.5. The van der Waals surface area contributed by atoms with Gasteiger partial charge in [0.1, 0.15) is 5.60 Å². The summed E-state index contributed by atoms with van der Waals surface area (Å²) in [5.74, 6) is -5.41. The zero-order valence-electron chi connectivity index (χ0n) is 22.5. The smallest absolute Gasteiger partial charge is 0.397 e. The second-order valence-electron chi connectivity index (χ2n) is 10.9. The molecule has 0 aliphatic heterocycles. The lowest BCUT2D eigenvalue weighted by atomic mass is 9.81. The van der Waals surface area contributed by atoms with Gasteiger partial charge in [-0.15, -0.1) is 0 Å². The molecule has 1 N–H and O–H groups in total. The first kappa shape index (κ1) is 32.5. The molecule has 11 heteroatoms. The standard InChI is InChI=1S/C28H32ClF6NO3/c1-16(27(30,31)32)23(18-9-11-19(12-10-18)26(5,6)28(33,34)35)24(38)36-21-15-17(7-13-20(21)29)8-14-22(37)39-25(2,3)4/h7,9-13,15-16,23H,8,14H2,1-6H3,(H,36,38)/t16-,23?/m1/s1. The highest BCUT2D eigenvalue weighted by atomic mass is 35.5. The molecule has 2 aromatic carbocycles. The van der Waals surface area contributed by atoms with E-state index in [0.29, 0.717) is 5.56 Å². The van der Waals surface area contributed by atoms with Crippen molar-refractivity contribution in [3.8, 4) is 0 Å². The molecular weight excluding hydrogens is 548 g/mol. The van der Waals surface area contributed by atoms with Gasteiger partial charge < -0.3 is 10.1 Å². The van der Waals surface area contributed by atoms with E-state index in [1.807, 2.05) is 0 Å². The first-order valence-electron chi connectivity index (χ1n) is 12.2. The molecule has 216 valence electrons. The summed E-state index contributed by atoms with van der Waals surface area (Å²) < 4.78 is 86.8. The molecule has 0 saturated heterocycles. The van der Waals surface area contributed by atoms with Crippen LogP contribution in [0.25, 0.3) is 0 Å². The highest BCUT2D eigenvalue weighted by Crippen LogP contribution is 2.42. The summed E-state index contributed by atoms with van der Waals surface area (Å²) in [5, 5.41) is 2.49. The number of nitrogens with one attached hydrogen (secondary N) is 1. The first-order valence-corrected chi connectivity index (χ1v) is 12.6. The Hall–Kier alpha value is -2.75. The Morgan fingerprint density at radius 1 is 0.923 bits per heavy atom. The summed E-state index contributed by atoms with van der Waals surface area (Å²) >= 11 is 6.19. The predicted octanol–water partition coefficient (Wildman–Crippen LogP) is 8.37. The fourth-order valence-electron chi connectivity index (χ4n) is 3.80. The third-order valence-corrected chi connectivity index (χ3v) is 6.65. The maximum absolute atomic E-state index is 13.7. The number of hydrogen-bond donors (Lipinski definition) is 1. The summed E-state index contributed by atoms with van der Waals surface area (Å²) in [6, 6.07) is 8.88. The predicted molar refractivity (Wildman–Crippen MR) is 138 cm³/mol. The monoisotopic (exact) mass is 579 g/mol. The molecule has 0 aromatic heterocycles. The topological polar surface area (TPSA) is 55.4 Å². The molecular formula is C28H32ClF6NO3. The summed E-state index contributed by atoms with van der Waals surface area (Å²) in [6.45, 7) is 7.93. The van der Waals surface area contributed by atoms with E-state index in [9.17, 15) is 35.9 Å². The number of hydrogen-bond acceptors (Lipinski definition) is 3. The lowest BCUT2D eigenvalue weighted by Crippen LogP contribution is -2.36. The SMILES string of the molecule is C[C@H](C(C(=O)Nc1cc(CCC(=O)OC(C)(C)C)ccc1Cl)c1ccc(C(C)(C)C(F)(F)F)cc1)C(F)(F)F. The number of esters is 1. The molecule has 1 unspecified atom stereocenters. The maximum Gasteiger partial charge on any atom is 0.397 e. The van der Waals surface area contributed by atoms with Crippen LogP contribution in [0, 0.1) is 5.92 Å². The molecule has 2 rings (SSSR count). The summed E-state index contributed by atoms with van der Waals surface area (Å²) in [4.78, 5) is 25.2. The highest BCUT2D eigenvalue weighted by molar-refractivity contribution is 6.33. The van der Waals surface area contributed by atoms with Gasteiger partial charge in [0.05, 0.1) is 28.0 Å². The Labute approximate surface area is 229 Å². The number of ether oxygens (including phenoxy) is 1.